The molecule has 2 fully saturated rings. The summed E-state index contributed by atoms with van der Waals surface area (Å²) < 4.78 is 0. The van der Waals surface area contributed by atoms with Crippen molar-refractivity contribution in [3.05, 3.63) is 0 Å². The fraction of sp³-hybridized carbons (Fsp3) is 0.923. The average molecular weight is 240 g/mol. The molecule has 4 heteroatoms. The predicted molar refractivity (Wildman–Crippen MR) is 66.7 cm³/mol. The molecule has 4 nitrogen and oxygen atoms in total. The van der Waals surface area contributed by atoms with Crippen LogP contribution in [0.25, 0.3) is 0 Å². The van der Waals surface area contributed by atoms with E-state index in [1.54, 1.807) is 4.90 Å². The lowest BCUT2D eigenvalue weighted by atomic mass is 9.98. The SMILES string of the molecule is CC1CCCC(C)N1CCN1CC(O)CC1=O. The van der Waals surface area contributed by atoms with E-state index in [-0.39, 0.29) is 5.91 Å². The molecule has 2 heterocycles. The number of carbonyl (C=O) groups excluding carboxylic acids is 1. The molecule has 0 aromatic heterocycles. The Hall–Kier alpha value is -0.610. The minimum atomic E-state index is -0.446. The van der Waals surface area contributed by atoms with Crippen LogP contribution in [0.3, 0.4) is 0 Å². The summed E-state index contributed by atoms with van der Waals surface area (Å²) in [5.74, 6) is 0.106. The van der Waals surface area contributed by atoms with Crippen LogP contribution >= 0.6 is 0 Å². The zero-order chi connectivity index (χ0) is 12.4. The third kappa shape index (κ3) is 2.99. The molecule has 0 bridgehead atoms. The molecule has 3 atom stereocenters. The van der Waals surface area contributed by atoms with Gasteiger partial charge in [-0.1, -0.05) is 6.42 Å². The van der Waals surface area contributed by atoms with Crippen molar-refractivity contribution in [1.29, 1.82) is 0 Å². The maximum atomic E-state index is 11.6. The third-order valence-corrected chi connectivity index (χ3v) is 4.20. The van der Waals surface area contributed by atoms with E-state index < -0.39 is 6.10 Å². The first-order chi connectivity index (χ1) is 8.08. The number of aliphatic hydroxyl groups is 1. The Bertz CT molecular complexity index is 273. The monoisotopic (exact) mass is 240 g/mol. The molecule has 2 aliphatic rings. The molecule has 0 aromatic rings. The number of nitrogens with zero attached hydrogens (tertiary/aromatic N) is 2. The molecule has 0 aliphatic carbocycles. The molecule has 0 spiro atoms. The van der Waals surface area contributed by atoms with Crippen molar-refractivity contribution in [2.45, 2.75) is 57.7 Å². The van der Waals surface area contributed by atoms with E-state index in [0.29, 0.717) is 25.0 Å². The Morgan fingerprint density at radius 1 is 1.24 bits per heavy atom. The van der Waals surface area contributed by atoms with Gasteiger partial charge < -0.3 is 10.0 Å². The number of rotatable bonds is 3. The van der Waals surface area contributed by atoms with Gasteiger partial charge in [-0.3, -0.25) is 9.69 Å². The van der Waals surface area contributed by atoms with Crippen molar-refractivity contribution in [3.8, 4) is 0 Å². The van der Waals surface area contributed by atoms with Crippen molar-refractivity contribution in [3.63, 3.8) is 0 Å². The fourth-order valence-corrected chi connectivity index (χ4v) is 3.12. The van der Waals surface area contributed by atoms with Crippen LogP contribution in [0, 0.1) is 0 Å². The zero-order valence-electron chi connectivity index (χ0n) is 10.9. The van der Waals surface area contributed by atoms with Crippen LogP contribution in [0.4, 0.5) is 0 Å². The van der Waals surface area contributed by atoms with Crippen molar-refractivity contribution in [2.75, 3.05) is 19.6 Å². The molecule has 2 aliphatic heterocycles. The Kier molecular flexibility index (Phi) is 4.05. The van der Waals surface area contributed by atoms with Crippen LogP contribution < -0.4 is 0 Å². The summed E-state index contributed by atoms with van der Waals surface area (Å²) in [6.45, 7) is 6.79. The molecule has 2 saturated heterocycles. The molecule has 17 heavy (non-hydrogen) atoms. The Balaban J connectivity index is 1.82. The third-order valence-electron chi connectivity index (χ3n) is 4.20. The molecule has 0 aromatic carbocycles. The second kappa shape index (κ2) is 5.36. The Morgan fingerprint density at radius 3 is 2.41 bits per heavy atom. The molecule has 2 rings (SSSR count). The van der Waals surface area contributed by atoms with Gasteiger partial charge in [0.25, 0.3) is 0 Å². The van der Waals surface area contributed by atoms with Gasteiger partial charge in [0.1, 0.15) is 0 Å². The number of aliphatic hydroxyl groups excluding tert-OH is 1. The lowest BCUT2D eigenvalue weighted by Gasteiger charge is -2.39. The second-order valence-electron chi connectivity index (χ2n) is 5.56. The number of β-amino-alcohol motifs (C(OH)–C–C–N with tert-alkyl or cyclic N) is 1. The molecule has 98 valence electrons. The highest BCUT2D eigenvalue weighted by Crippen LogP contribution is 2.22. The molecule has 3 unspecified atom stereocenters. The number of amides is 1. The first-order valence-corrected chi connectivity index (χ1v) is 6.79. The Morgan fingerprint density at radius 2 is 1.88 bits per heavy atom. The molecule has 0 saturated carbocycles. The number of carbonyl (C=O) groups is 1. The van der Waals surface area contributed by atoms with Gasteiger partial charge in [0.15, 0.2) is 0 Å². The molecule has 0 radical (unpaired) electrons. The quantitative estimate of drug-likeness (QED) is 0.795. The van der Waals surface area contributed by atoms with Crippen molar-refractivity contribution >= 4 is 5.91 Å². The number of hydrogen-bond donors (Lipinski definition) is 1. The normalized spacial score (nSPS) is 35.6. The number of likely N-dealkylation sites (tertiary alicyclic amines) is 2. The zero-order valence-corrected chi connectivity index (χ0v) is 10.9. The van der Waals surface area contributed by atoms with Gasteiger partial charge in [0.05, 0.1) is 12.5 Å². The maximum Gasteiger partial charge on any atom is 0.225 e. The predicted octanol–water partition coefficient (Wildman–Crippen LogP) is 0.842. The van der Waals surface area contributed by atoms with Gasteiger partial charge in [-0.2, -0.15) is 0 Å². The Labute approximate surface area is 104 Å². The van der Waals surface area contributed by atoms with Gasteiger partial charge >= 0.3 is 0 Å². The van der Waals surface area contributed by atoms with E-state index in [1.807, 2.05) is 0 Å². The largest absolute Gasteiger partial charge is 0.391 e. The summed E-state index contributed by atoms with van der Waals surface area (Å²) in [4.78, 5) is 15.9. The summed E-state index contributed by atoms with van der Waals surface area (Å²) in [6.07, 6.45) is 3.71. The maximum absolute atomic E-state index is 11.6. The molecular weight excluding hydrogens is 216 g/mol. The van der Waals surface area contributed by atoms with Crippen LogP contribution in [-0.4, -0.2) is 58.6 Å². The highest BCUT2D eigenvalue weighted by Gasteiger charge is 2.30. The molecular formula is C13H24N2O2. The topological polar surface area (TPSA) is 43.8 Å². The van der Waals surface area contributed by atoms with Gasteiger partial charge in [-0.05, 0) is 26.7 Å². The minimum Gasteiger partial charge on any atom is -0.391 e. The average Bonchev–Trinajstić information content (AvgIpc) is 2.57. The summed E-state index contributed by atoms with van der Waals surface area (Å²) in [6, 6.07) is 1.25. The summed E-state index contributed by atoms with van der Waals surface area (Å²) >= 11 is 0. The summed E-state index contributed by atoms with van der Waals surface area (Å²) in [5, 5.41) is 9.43. The van der Waals surface area contributed by atoms with E-state index >= 15 is 0 Å². The van der Waals surface area contributed by atoms with E-state index in [9.17, 15) is 9.90 Å². The first kappa shape index (κ1) is 12.8. The summed E-state index contributed by atoms with van der Waals surface area (Å²) in [5.41, 5.74) is 0. The van der Waals surface area contributed by atoms with Crippen LogP contribution in [0.1, 0.15) is 39.5 Å². The highest BCUT2D eigenvalue weighted by atomic mass is 16.3. The van der Waals surface area contributed by atoms with E-state index in [4.69, 9.17) is 0 Å². The lowest BCUT2D eigenvalue weighted by Crippen LogP contribution is -2.47. The van der Waals surface area contributed by atoms with Crippen molar-refractivity contribution in [2.24, 2.45) is 0 Å². The first-order valence-electron chi connectivity index (χ1n) is 6.79. The van der Waals surface area contributed by atoms with E-state index in [2.05, 4.69) is 18.7 Å². The smallest absolute Gasteiger partial charge is 0.225 e. The van der Waals surface area contributed by atoms with Crippen molar-refractivity contribution < 1.29 is 9.90 Å². The van der Waals surface area contributed by atoms with Gasteiger partial charge in [-0.15, -0.1) is 0 Å². The van der Waals surface area contributed by atoms with E-state index in [0.717, 1.165) is 13.1 Å². The fourth-order valence-electron chi connectivity index (χ4n) is 3.12. The van der Waals surface area contributed by atoms with E-state index in [1.165, 1.54) is 19.3 Å². The van der Waals surface area contributed by atoms with Crippen LogP contribution in [0.2, 0.25) is 0 Å². The van der Waals surface area contributed by atoms with Gasteiger partial charge in [-0.25, -0.2) is 0 Å². The highest BCUT2D eigenvalue weighted by molar-refractivity contribution is 5.78. The number of piperidine rings is 1. The number of hydrogen-bond acceptors (Lipinski definition) is 3. The van der Waals surface area contributed by atoms with Crippen LogP contribution in [-0.2, 0) is 4.79 Å². The summed E-state index contributed by atoms with van der Waals surface area (Å²) in [7, 11) is 0. The van der Waals surface area contributed by atoms with Crippen LogP contribution in [0.5, 0.6) is 0 Å². The van der Waals surface area contributed by atoms with Gasteiger partial charge in [0.2, 0.25) is 5.91 Å². The molecule has 1 amide bonds. The second-order valence-corrected chi connectivity index (χ2v) is 5.56. The minimum absolute atomic E-state index is 0.106. The standard InChI is InChI=1S/C13H24N2O2/c1-10-4-3-5-11(2)15(10)7-6-14-9-12(16)8-13(14)17/h10-12,16H,3-9H2,1-2H3. The van der Waals surface area contributed by atoms with Gasteiger partial charge in [0, 0.05) is 31.7 Å². The van der Waals surface area contributed by atoms with Crippen molar-refractivity contribution in [1.82, 2.24) is 9.80 Å². The lowest BCUT2D eigenvalue weighted by molar-refractivity contribution is -0.128. The molecule has 1 N–H and O–H groups in total. The van der Waals surface area contributed by atoms with Crippen LogP contribution in [0.15, 0.2) is 0 Å².